The Morgan fingerprint density at radius 1 is 1.14 bits per heavy atom. The molecule has 3 nitrogen and oxygen atoms in total. The van der Waals surface area contributed by atoms with E-state index in [0.717, 1.165) is 12.1 Å². The number of halogens is 5. The van der Waals surface area contributed by atoms with Crippen LogP contribution in [0.1, 0.15) is 17.2 Å². The van der Waals surface area contributed by atoms with Gasteiger partial charge in [-0.3, -0.25) is 0 Å². The molecule has 0 aliphatic heterocycles. The Bertz CT molecular complexity index is 677. The van der Waals surface area contributed by atoms with Gasteiger partial charge in [0.15, 0.2) is 0 Å². The van der Waals surface area contributed by atoms with Gasteiger partial charge in [-0.1, -0.05) is 39.7 Å². The number of ether oxygens (including phenoxy) is 1. The number of aromatic hydroxyl groups is 1. The number of alkyl halides is 3. The fourth-order valence-corrected chi connectivity index (χ4v) is 2.63. The lowest BCUT2D eigenvalue weighted by Gasteiger charge is -2.17. The van der Waals surface area contributed by atoms with Crippen molar-refractivity contribution < 1.29 is 23.0 Å². The van der Waals surface area contributed by atoms with E-state index in [1.807, 2.05) is 0 Å². The van der Waals surface area contributed by atoms with Crippen molar-refractivity contribution in [3.05, 3.63) is 57.0 Å². The molecule has 0 aliphatic carbocycles. The van der Waals surface area contributed by atoms with Gasteiger partial charge in [-0.2, -0.15) is 0 Å². The monoisotopic (exact) mass is 395 g/mol. The van der Waals surface area contributed by atoms with Gasteiger partial charge in [0.25, 0.3) is 0 Å². The molecule has 0 radical (unpaired) electrons. The van der Waals surface area contributed by atoms with Gasteiger partial charge in [0, 0.05) is 10.0 Å². The van der Waals surface area contributed by atoms with E-state index < -0.39 is 12.4 Å². The molecule has 0 aliphatic rings. The molecular formula is C14H10BrClF3NO2. The molecule has 8 heteroatoms. The summed E-state index contributed by atoms with van der Waals surface area (Å²) >= 11 is 9.11. The number of phenolic OH excluding ortho intramolecular Hbond substituents is 1. The van der Waals surface area contributed by atoms with E-state index in [2.05, 4.69) is 20.7 Å². The van der Waals surface area contributed by atoms with Crippen molar-refractivity contribution in [1.82, 2.24) is 0 Å². The molecule has 0 aromatic heterocycles. The summed E-state index contributed by atoms with van der Waals surface area (Å²) in [6.45, 7) is 0. The predicted molar refractivity (Wildman–Crippen MR) is 80.0 cm³/mol. The highest BCUT2D eigenvalue weighted by molar-refractivity contribution is 9.10. The smallest absolute Gasteiger partial charge is 0.506 e. The largest absolute Gasteiger partial charge is 0.573 e. The average Bonchev–Trinajstić information content (AvgIpc) is 2.42. The highest BCUT2D eigenvalue weighted by Gasteiger charge is 2.31. The van der Waals surface area contributed by atoms with Crippen molar-refractivity contribution in [2.75, 3.05) is 0 Å². The third kappa shape index (κ3) is 3.85. The summed E-state index contributed by atoms with van der Waals surface area (Å²) < 4.78 is 40.7. The van der Waals surface area contributed by atoms with Crippen molar-refractivity contribution >= 4 is 27.5 Å². The highest BCUT2D eigenvalue weighted by atomic mass is 79.9. The fourth-order valence-electron chi connectivity index (χ4n) is 1.90. The quantitative estimate of drug-likeness (QED) is 0.787. The van der Waals surface area contributed by atoms with Gasteiger partial charge in [0.1, 0.15) is 11.5 Å². The first-order chi connectivity index (χ1) is 10.2. The molecule has 2 aromatic carbocycles. The standard InChI is InChI=1S/C14H10BrClF3NO2/c15-9-5-6-10(16)13(21)11(9)12(20)7-1-3-8(4-2-7)22-14(17,18)19/h1-6,12,21H,20H2/t12-/m1/s1. The van der Waals surface area contributed by atoms with Gasteiger partial charge in [-0.25, -0.2) is 0 Å². The van der Waals surface area contributed by atoms with Crippen LogP contribution >= 0.6 is 27.5 Å². The Balaban J connectivity index is 2.31. The van der Waals surface area contributed by atoms with Gasteiger partial charge in [0.05, 0.1) is 11.1 Å². The summed E-state index contributed by atoms with van der Waals surface area (Å²) in [4.78, 5) is 0. The van der Waals surface area contributed by atoms with E-state index in [-0.39, 0.29) is 16.5 Å². The maximum Gasteiger partial charge on any atom is 0.573 e. The summed E-state index contributed by atoms with van der Waals surface area (Å²) in [5.74, 6) is -0.531. The summed E-state index contributed by atoms with van der Waals surface area (Å²) in [5.41, 5.74) is 6.89. The van der Waals surface area contributed by atoms with Crippen LogP contribution in [-0.2, 0) is 0 Å². The lowest BCUT2D eigenvalue weighted by Crippen LogP contribution is -2.17. The first-order valence-corrected chi connectivity index (χ1v) is 7.14. The van der Waals surface area contributed by atoms with E-state index in [1.54, 1.807) is 6.07 Å². The van der Waals surface area contributed by atoms with Gasteiger partial charge in [-0.15, -0.1) is 13.2 Å². The van der Waals surface area contributed by atoms with Crippen LogP contribution in [0.4, 0.5) is 13.2 Å². The predicted octanol–water partition coefficient (Wildman–Crippen LogP) is 4.75. The maximum atomic E-state index is 12.1. The number of benzene rings is 2. The zero-order chi connectivity index (χ0) is 16.5. The molecule has 0 amide bonds. The van der Waals surface area contributed by atoms with Crippen molar-refractivity contribution in [3.8, 4) is 11.5 Å². The van der Waals surface area contributed by atoms with Crippen LogP contribution < -0.4 is 10.5 Å². The van der Waals surface area contributed by atoms with Gasteiger partial charge < -0.3 is 15.6 Å². The van der Waals surface area contributed by atoms with Crippen molar-refractivity contribution in [1.29, 1.82) is 0 Å². The van der Waals surface area contributed by atoms with Crippen LogP contribution in [0.15, 0.2) is 40.9 Å². The summed E-state index contributed by atoms with van der Waals surface area (Å²) in [6.07, 6.45) is -4.75. The third-order valence-corrected chi connectivity index (χ3v) is 3.89. The lowest BCUT2D eigenvalue weighted by atomic mass is 9.98. The summed E-state index contributed by atoms with van der Waals surface area (Å²) in [5, 5.41) is 10.1. The van der Waals surface area contributed by atoms with Crippen LogP contribution in [0.5, 0.6) is 11.5 Å². The van der Waals surface area contributed by atoms with Crippen LogP contribution in [0, 0.1) is 0 Å². The second-order valence-electron chi connectivity index (χ2n) is 4.39. The fraction of sp³-hybridized carbons (Fsp3) is 0.143. The Morgan fingerprint density at radius 2 is 1.73 bits per heavy atom. The SMILES string of the molecule is N[C@H](c1ccc(OC(F)(F)F)cc1)c1c(Br)ccc(Cl)c1O. The van der Waals surface area contributed by atoms with E-state index in [9.17, 15) is 18.3 Å². The minimum atomic E-state index is -4.75. The van der Waals surface area contributed by atoms with Crippen molar-refractivity contribution in [3.63, 3.8) is 0 Å². The first kappa shape index (κ1) is 16.9. The molecule has 3 N–H and O–H groups in total. The molecule has 0 unspecified atom stereocenters. The highest BCUT2D eigenvalue weighted by Crippen LogP contribution is 2.39. The molecule has 1 atom stereocenters. The second-order valence-corrected chi connectivity index (χ2v) is 5.65. The minimum Gasteiger partial charge on any atom is -0.506 e. The number of nitrogens with two attached hydrogens (primary N) is 1. The number of phenols is 1. The van der Waals surface area contributed by atoms with Crippen LogP contribution in [0.25, 0.3) is 0 Å². The number of hydrogen-bond acceptors (Lipinski definition) is 3. The Hall–Kier alpha value is -1.44. The first-order valence-electron chi connectivity index (χ1n) is 5.97. The van der Waals surface area contributed by atoms with Crippen LogP contribution in [-0.4, -0.2) is 11.5 Å². The minimum absolute atomic E-state index is 0.130. The Kier molecular flexibility index (Phi) is 4.89. The average molecular weight is 397 g/mol. The lowest BCUT2D eigenvalue weighted by molar-refractivity contribution is -0.274. The summed E-state index contributed by atoms with van der Waals surface area (Å²) in [7, 11) is 0. The normalized spacial score (nSPS) is 13.0. The molecule has 22 heavy (non-hydrogen) atoms. The molecule has 2 aromatic rings. The van der Waals surface area contributed by atoms with E-state index in [0.29, 0.717) is 15.6 Å². The molecule has 0 bridgehead atoms. The molecule has 0 spiro atoms. The van der Waals surface area contributed by atoms with E-state index >= 15 is 0 Å². The number of hydrogen-bond donors (Lipinski definition) is 2. The molecule has 118 valence electrons. The second kappa shape index (κ2) is 6.36. The molecule has 2 rings (SSSR count). The van der Waals surface area contributed by atoms with Crippen molar-refractivity contribution in [2.24, 2.45) is 5.73 Å². The molecule has 0 heterocycles. The molecular weight excluding hydrogens is 387 g/mol. The van der Waals surface area contributed by atoms with E-state index in [1.165, 1.54) is 18.2 Å². The van der Waals surface area contributed by atoms with Crippen LogP contribution in [0.3, 0.4) is 0 Å². The van der Waals surface area contributed by atoms with Gasteiger partial charge in [0.2, 0.25) is 0 Å². The Labute approximate surface area is 137 Å². The van der Waals surface area contributed by atoms with Gasteiger partial charge in [-0.05, 0) is 29.8 Å². The zero-order valence-electron chi connectivity index (χ0n) is 10.9. The molecule has 0 fully saturated rings. The van der Waals surface area contributed by atoms with Gasteiger partial charge >= 0.3 is 6.36 Å². The zero-order valence-corrected chi connectivity index (χ0v) is 13.2. The topological polar surface area (TPSA) is 55.5 Å². The third-order valence-electron chi connectivity index (χ3n) is 2.90. The Morgan fingerprint density at radius 3 is 2.27 bits per heavy atom. The summed E-state index contributed by atoms with van der Waals surface area (Å²) in [6, 6.07) is 7.43. The molecule has 0 saturated carbocycles. The van der Waals surface area contributed by atoms with Crippen molar-refractivity contribution in [2.45, 2.75) is 12.4 Å². The van der Waals surface area contributed by atoms with E-state index in [4.69, 9.17) is 17.3 Å². The molecule has 0 saturated heterocycles. The van der Waals surface area contributed by atoms with Crippen LogP contribution in [0.2, 0.25) is 5.02 Å². The maximum absolute atomic E-state index is 12.1. The number of rotatable bonds is 3.